The van der Waals surface area contributed by atoms with Gasteiger partial charge in [0.1, 0.15) is 11.8 Å². The average Bonchev–Trinajstić information content (AvgIpc) is 2.56. The van der Waals surface area contributed by atoms with Crippen molar-refractivity contribution in [1.82, 2.24) is 0 Å². The standard InChI is InChI=1S/C18H21ClN2O4S/c1-12-7-5-6-8-16(12)20-18(22)13(2)21(26(4,23)24)14-9-10-17(25-3)15(19)11-14/h5-11,13H,1-4H3,(H,20,22)/t13-/m0/s1. The number of carbonyl (C=O) groups excluding carboxylic acids is 1. The molecular formula is C18H21ClN2O4S. The minimum absolute atomic E-state index is 0.255. The van der Waals surface area contributed by atoms with E-state index < -0.39 is 22.0 Å². The van der Waals surface area contributed by atoms with Crippen LogP contribution in [-0.4, -0.2) is 33.7 Å². The van der Waals surface area contributed by atoms with Crippen LogP contribution in [0.25, 0.3) is 0 Å². The van der Waals surface area contributed by atoms with Gasteiger partial charge in [0.15, 0.2) is 0 Å². The molecule has 6 nitrogen and oxygen atoms in total. The van der Waals surface area contributed by atoms with E-state index in [9.17, 15) is 13.2 Å². The van der Waals surface area contributed by atoms with Gasteiger partial charge in [0.05, 0.1) is 24.1 Å². The molecule has 26 heavy (non-hydrogen) atoms. The summed E-state index contributed by atoms with van der Waals surface area (Å²) in [5, 5.41) is 3.02. The molecule has 2 aromatic carbocycles. The topological polar surface area (TPSA) is 75.7 Å². The van der Waals surface area contributed by atoms with Gasteiger partial charge in [-0.2, -0.15) is 0 Å². The smallest absolute Gasteiger partial charge is 0.248 e. The number of amides is 1. The molecule has 0 saturated heterocycles. The molecule has 140 valence electrons. The second-order valence-corrected chi connectivity index (χ2v) is 8.12. The van der Waals surface area contributed by atoms with E-state index in [1.54, 1.807) is 24.3 Å². The number of rotatable bonds is 6. The van der Waals surface area contributed by atoms with Gasteiger partial charge >= 0.3 is 0 Å². The first kappa shape index (κ1) is 20.1. The Balaban J connectivity index is 2.36. The van der Waals surface area contributed by atoms with Gasteiger partial charge < -0.3 is 10.1 Å². The van der Waals surface area contributed by atoms with Crippen LogP contribution in [-0.2, 0) is 14.8 Å². The average molecular weight is 397 g/mol. The quantitative estimate of drug-likeness (QED) is 0.811. The van der Waals surface area contributed by atoms with Crippen molar-refractivity contribution in [3.8, 4) is 5.75 Å². The molecule has 0 unspecified atom stereocenters. The molecule has 2 aromatic rings. The van der Waals surface area contributed by atoms with Gasteiger partial charge in [-0.15, -0.1) is 0 Å². The second-order valence-electron chi connectivity index (χ2n) is 5.86. The lowest BCUT2D eigenvalue weighted by Gasteiger charge is -2.28. The van der Waals surface area contributed by atoms with Gasteiger partial charge in [-0.25, -0.2) is 8.42 Å². The highest BCUT2D eigenvalue weighted by molar-refractivity contribution is 7.92. The van der Waals surface area contributed by atoms with Crippen molar-refractivity contribution in [1.29, 1.82) is 0 Å². The van der Waals surface area contributed by atoms with Crippen LogP contribution in [0.2, 0.25) is 5.02 Å². The second kappa shape index (κ2) is 7.97. The number of halogens is 1. The van der Waals surface area contributed by atoms with E-state index in [2.05, 4.69) is 5.32 Å². The number of ether oxygens (including phenoxy) is 1. The number of hydrogen-bond donors (Lipinski definition) is 1. The first-order chi connectivity index (χ1) is 12.1. The van der Waals surface area contributed by atoms with E-state index >= 15 is 0 Å². The summed E-state index contributed by atoms with van der Waals surface area (Å²) in [5.41, 5.74) is 1.79. The fourth-order valence-electron chi connectivity index (χ4n) is 2.55. The minimum atomic E-state index is -3.73. The van der Waals surface area contributed by atoms with E-state index in [4.69, 9.17) is 16.3 Å². The van der Waals surface area contributed by atoms with Crippen LogP contribution in [0.15, 0.2) is 42.5 Å². The van der Waals surface area contributed by atoms with Crippen LogP contribution in [0.1, 0.15) is 12.5 Å². The predicted octanol–water partition coefficient (Wildman–Crippen LogP) is 3.45. The zero-order valence-corrected chi connectivity index (χ0v) is 16.6. The maximum absolute atomic E-state index is 12.7. The normalized spacial score (nSPS) is 12.3. The summed E-state index contributed by atoms with van der Waals surface area (Å²) < 4.78 is 30.8. The third kappa shape index (κ3) is 4.47. The van der Waals surface area contributed by atoms with E-state index in [1.165, 1.54) is 20.1 Å². The fraction of sp³-hybridized carbons (Fsp3) is 0.278. The Morgan fingerprint density at radius 1 is 1.23 bits per heavy atom. The molecule has 0 aliphatic carbocycles. The van der Waals surface area contributed by atoms with Crippen molar-refractivity contribution in [2.45, 2.75) is 19.9 Å². The Morgan fingerprint density at radius 2 is 1.88 bits per heavy atom. The number of carbonyl (C=O) groups is 1. The Hall–Kier alpha value is -2.25. The summed E-state index contributed by atoms with van der Waals surface area (Å²) in [7, 11) is -2.26. The van der Waals surface area contributed by atoms with Crippen LogP contribution in [0.5, 0.6) is 5.75 Å². The molecule has 0 radical (unpaired) electrons. The molecule has 1 amide bonds. The van der Waals surface area contributed by atoms with Gasteiger partial charge in [-0.05, 0) is 43.7 Å². The Kier molecular flexibility index (Phi) is 6.15. The fourth-order valence-corrected chi connectivity index (χ4v) is 3.97. The van der Waals surface area contributed by atoms with Crippen LogP contribution < -0.4 is 14.4 Å². The molecule has 2 rings (SSSR count). The molecule has 0 spiro atoms. The Labute approximate surface area is 158 Å². The number of nitrogens with zero attached hydrogens (tertiary/aromatic N) is 1. The number of benzene rings is 2. The van der Waals surface area contributed by atoms with Crippen molar-refractivity contribution in [3.05, 3.63) is 53.1 Å². The summed E-state index contributed by atoms with van der Waals surface area (Å²) in [4.78, 5) is 12.7. The highest BCUT2D eigenvalue weighted by Crippen LogP contribution is 2.31. The van der Waals surface area contributed by atoms with E-state index in [-0.39, 0.29) is 10.7 Å². The number of hydrogen-bond acceptors (Lipinski definition) is 4. The number of aryl methyl sites for hydroxylation is 1. The van der Waals surface area contributed by atoms with Crippen LogP contribution in [0.3, 0.4) is 0 Å². The minimum Gasteiger partial charge on any atom is -0.495 e. The zero-order chi connectivity index (χ0) is 19.5. The highest BCUT2D eigenvalue weighted by Gasteiger charge is 2.29. The lowest BCUT2D eigenvalue weighted by Crippen LogP contribution is -2.45. The van der Waals surface area contributed by atoms with Crippen molar-refractivity contribution in [2.24, 2.45) is 0 Å². The number of methoxy groups -OCH3 is 1. The predicted molar refractivity (Wildman–Crippen MR) is 105 cm³/mol. The summed E-state index contributed by atoms with van der Waals surface area (Å²) in [6, 6.07) is 10.9. The first-order valence-corrected chi connectivity index (χ1v) is 10.1. The molecule has 1 atom stereocenters. The summed E-state index contributed by atoms with van der Waals surface area (Å²) in [5.74, 6) is -0.0300. The number of para-hydroxylation sites is 1. The molecule has 1 N–H and O–H groups in total. The molecule has 0 heterocycles. The van der Waals surface area contributed by atoms with Gasteiger partial charge in [0.2, 0.25) is 15.9 Å². The number of anilines is 2. The Morgan fingerprint density at radius 3 is 2.42 bits per heavy atom. The first-order valence-electron chi connectivity index (χ1n) is 7.84. The van der Waals surface area contributed by atoms with Crippen molar-refractivity contribution >= 4 is 38.9 Å². The molecule has 0 aliphatic heterocycles. The lowest BCUT2D eigenvalue weighted by atomic mass is 10.2. The van der Waals surface area contributed by atoms with Crippen molar-refractivity contribution in [3.63, 3.8) is 0 Å². The third-order valence-electron chi connectivity index (χ3n) is 3.88. The number of sulfonamides is 1. The van der Waals surface area contributed by atoms with Crippen LogP contribution in [0.4, 0.5) is 11.4 Å². The SMILES string of the molecule is COc1ccc(N([C@@H](C)C(=O)Nc2ccccc2C)S(C)(=O)=O)cc1Cl. The zero-order valence-electron chi connectivity index (χ0n) is 15.0. The third-order valence-corrected chi connectivity index (χ3v) is 5.42. The molecule has 0 bridgehead atoms. The van der Waals surface area contributed by atoms with Gasteiger partial charge in [0.25, 0.3) is 0 Å². The van der Waals surface area contributed by atoms with Crippen LogP contribution >= 0.6 is 11.6 Å². The number of nitrogens with one attached hydrogen (secondary N) is 1. The molecule has 0 aromatic heterocycles. The van der Waals surface area contributed by atoms with E-state index in [0.29, 0.717) is 11.4 Å². The maximum Gasteiger partial charge on any atom is 0.248 e. The molecule has 8 heteroatoms. The van der Waals surface area contributed by atoms with Gasteiger partial charge in [0, 0.05) is 5.69 Å². The molecular weight excluding hydrogens is 376 g/mol. The summed E-state index contributed by atoms with van der Waals surface area (Å²) in [6.45, 7) is 3.38. The summed E-state index contributed by atoms with van der Waals surface area (Å²) >= 11 is 6.11. The van der Waals surface area contributed by atoms with Crippen LogP contribution in [0, 0.1) is 6.92 Å². The van der Waals surface area contributed by atoms with Gasteiger partial charge in [-0.1, -0.05) is 29.8 Å². The monoisotopic (exact) mass is 396 g/mol. The van der Waals surface area contributed by atoms with Crippen molar-refractivity contribution < 1.29 is 17.9 Å². The highest BCUT2D eigenvalue weighted by atomic mass is 35.5. The summed E-state index contributed by atoms with van der Waals surface area (Å²) in [6.07, 6.45) is 1.04. The van der Waals surface area contributed by atoms with E-state index in [0.717, 1.165) is 16.1 Å². The van der Waals surface area contributed by atoms with Gasteiger partial charge in [-0.3, -0.25) is 9.10 Å². The largest absolute Gasteiger partial charge is 0.495 e. The van der Waals surface area contributed by atoms with Crippen molar-refractivity contribution in [2.75, 3.05) is 23.0 Å². The lowest BCUT2D eigenvalue weighted by molar-refractivity contribution is -0.116. The molecule has 0 aliphatic rings. The Bertz CT molecular complexity index is 915. The van der Waals surface area contributed by atoms with E-state index in [1.807, 2.05) is 19.1 Å². The maximum atomic E-state index is 12.7. The molecule has 0 saturated carbocycles. The molecule has 0 fully saturated rings.